The molecule has 10 heteroatoms. The topological polar surface area (TPSA) is 138 Å². The molecule has 1 aliphatic rings. The standard InChI is InChI=1S/C16H10N4O5S/c21-13-10(26-16(25)20-13)7-8-2-1-3-9(6-8)19-14(22)11-12(15(23)24)18-5-4-17-11/h1-7H,(H,19,22)(H,23,24)(H,20,21,25)/b10-7+. The van der Waals surface area contributed by atoms with E-state index in [4.69, 9.17) is 5.11 Å². The van der Waals surface area contributed by atoms with E-state index >= 15 is 0 Å². The molecule has 26 heavy (non-hydrogen) atoms. The van der Waals surface area contributed by atoms with Crippen LogP contribution in [0, 0.1) is 0 Å². The fraction of sp³-hybridized carbons (Fsp3) is 0. The Labute approximate surface area is 150 Å². The van der Waals surface area contributed by atoms with Crippen LogP contribution >= 0.6 is 11.8 Å². The summed E-state index contributed by atoms with van der Waals surface area (Å²) in [4.78, 5) is 53.8. The number of carboxylic acid groups (broad SMARTS) is 1. The van der Waals surface area contributed by atoms with Gasteiger partial charge in [-0.3, -0.25) is 19.7 Å². The summed E-state index contributed by atoms with van der Waals surface area (Å²) in [5, 5.41) is 13.3. The van der Waals surface area contributed by atoms with E-state index in [-0.39, 0.29) is 10.6 Å². The normalized spacial score (nSPS) is 15.0. The monoisotopic (exact) mass is 370 g/mol. The largest absolute Gasteiger partial charge is 0.476 e. The molecule has 1 aliphatic heterocycles. The highest BCUT2D eigenvalue weighted by Gasteiger charge is 2.25. The Morgan fingerprint density at radius 1 is 1.15 bits per heavy atom. The molecule has 3 N–H and O–H groups in total. The number of nitrogens with zero attached hydrogens (tertiary/aromatic N) is 2. The Morgan fingerprint density at radius 2 is 1.88 bits per heavy atom. The molecule has 0 saturated carbocycles. The Balaban J connectivity index is 1.83. The first-order chi connectivity index (χ1) is 12.4. The average Bonchev–Trinajstić information content (AvgIpc) is 2.92. The Bertz CT molecular complexity index is 973. The van der Waals surface area contributed by atoms with E-state index in [0.717, 1.165) is 11.8 Å². The Morgan fingerprint density at radius 3 is 2.54 bits per heavy atom. The zero-order chi connectivity index (χ0) is 18.7. The molecule has 1 aromatic carbocycles. The number of benzene rings is 1. The number of carbonyl (C=O) groups is 4. The molecule has 2 heterocycles. The summed E-state index contributed by atoms with van der Waals surface area (Å²) in [6, 6.07) is 6.47. The van der Waals surface area contributed by atoms with Crippen molar-refractivity contribution in [3.8, 4) is 0 Å². The molecular weight excluding hydrogens is 360 g/mol. The molecule has 9 nitrogen and oxygen atoms in total. The number of carboxylic acids is 1. The summed E-state index contributed by atoms with van der Waals surface area (Å²) >= 11 is 0.781. The minimum absolute atomic E-state index is 0.237. The van der Waals surface area contributed by atoms with Gasteiger partial charge in [0.25, 0.3) is 17.1 Å². The molecule has 0 aliphatic carbocycles. The first kappa shape index (κ1) is 17.3. The molecule has 0 atom stereocenters. The third-order valence-corrected chi connectivity index (χ3v) is 4.01. The zero-order valence-electron chi connectivity index (χ0n) is 12.9. The van der Waals surface area contributed by atoms with E-state index in [1.54, 1.807) is 24.3 Å². The molecule has 1 saturated heterocycles. The highest BCUT2D eigenvalue weighted by molar-refractivity contribution is 8.18. The van der Waals surface area contributed by atoms with Crippen molar-refractivity contribution in [1.82, 2.24) is 15.3 Å². The lowest BCUT2D eigenvalue weighted by Gasteiger charge is -2.07. The van der Waals surface area contributed by atoms with Crippen LogP contribution in [0.4, 0.5) is 10.5 Å². The molecule has 0 radical (unpaired) electrons. The van der Waals surface area contributed by atoms with Crippen molar-refractivity contribution in [1.29, 1.82) is 0 Å². The van der Waals surface area contributed by atoms with Crippen molar-refractivity contribution in [3.05, 3.63) is 58.5 Å². The molecule has 2 aromatic rings. The van der Waals surface area contributed by atoms with Gasteiger partial charge in [0.2, 0.25) is 0 Å². The van der Waals surface area contributed by atoms with E-state index in [9.17, 15) is 19.2 Å². The van der Waals surface area contributed by atoms with Gasteiger partial charge in [-0.1, -0.05) is 12.1 Å². The van der Waals surface area contributed by atoms with Crippen molar-refractivity contribution in [2.75, 3.05) is 5.32 Å². The Hall–Kier alpha value is -3.53. The predicted molar refractivity (Wildman–Crippen MR) is 92.5 cm³/mol. The second kappa shape index (κ2) is 7.15. The number of aromatic carboxylic acids is 1. The Kier molecular flexibility index (Phi) is 4.76. The smallest absolute Gasteiger partial charge is 0.356 e. The lowest BCUT2D eigenvalue weighted by molar-refractivity contribution is -0.115. The van der Waals surface area contributed by atoms with Gasteiger partial charge < -0.3 is 10.4 Å². The maximum Gasteiger partial charge on any atom is 0.356 e. The van der Waals surface area contributed by atoms with Crippen LogP contribution in [-0.2, 0) is 4.79 Å². The minimum Gasteiger partial charge on any atom is -0.476 e. The summed E-state index contributed by atoms with van der Waals surface area (Å²) in [6.07, 6.45) is 3.90. The third kappa shape index (κ3) is 3.75. The summed E-state index contributed by atoms with van der Waals surface area (Å²) in [5.41, 5.74) is 0.162. The van der Waals surface area contributed by atoms with Crippen molar-refractivity contribution < 1.29 is 24.3 Å². The van der Waals surface area contributed by atoms with Crippen LogP contribution in [0.5, 0.6) is 0 Å². The van der Waals surface area contributed by atoms with E-state index in [1.807, 2.05) is 0 Å². The van der Waals surface area contributed by atoms with Crippen LogP contribution in [0.3, 0.4) is 0 Å². The van der Waals surface area contributed by atoms with Gasteiger partial charge in [-0.25, -0.2) is 14.8 Å². The molecule has 3 amide bonds. The van der Waals surface area contributed by atoms with Gasteiger partial charge >= 0.3 is 5.97 Å². The first-order valence-electron chi connectivity index (χ1n) is 7.14. The van der Waals surface area contributed by atoms with Crippen molar-refractivity contribution in [2.45, 2.75) is 0 Å². The van der Waals surface area contributed by atoms with Crippen LogP contribution in [0.15, 0.2) is 41.6 Å². The number of anilines is 1. The number of carbonyl (C=O) groups excluding carboxylic acids is 3. The maximum atomic E-state index is 12.3. The van der Waals surface area contributed by atoms with Gasteiger partial charge in [0, 0.05) is 18.1 Å². The number of amides is 3. The lowest BCUT2D eigenvalue weighted by Crippen LogP contribution is -2.19. The van der Waals surface area contributed by atoms with Crippen LogP contribution in [-0.4, -0.2) is 38.1 Å². The molecule has 3 rings (SSSR count). The molecule has 130 valence electrons. The number of imide groups is 1. The van der Waals surface area contributed by atoms with Gasteiger partial charge in [-0.05, 0) is 35.5 Å². The minimum atomic E-state index is -1.37. The molecular formula is C16H10N4O5S. The van der Waals surface area contributed by atoms with Crippen LogP contribution in [0.25, 0.3) is 6.08 Å². The summed E-state index contributed by atoms with van der Waals surface area (Å²) < 4.78 is 0. The van der Waals surface area contributed by atoms with Crippen molar-refractivity contribution in [3.63, 3.8) is 0 Å². The highest BCUT2D eigenvalue weighted by Crippen LogP contribution is 2.26. The summed E-state index contributed by atoms with van der Waals surface area (Å²) in [7, 11) is 0. The lowest BCUT2D eigenvalue weighted by atomic mass is 10.1. The van der Waals surface area contributed by atoms with Gasteiger partial charge in [0.05, 0.1) is 4.91 Å². The van der Waals surface area contributed by atoms with E-state index in [0.29, 0.717) is 11.3 Å². The third-order valence-electron chi connectivity index (χ3n) is 3.20. The number of aromatic nitrogens is 2. The van der Waals surface area contributed by atoms with Gasteiger partial charge in [-0.15, -0.1) is 0 Å². The number of nitrogens with one attached hydrogen (secondary N) is 2. The molecule has 0 bridgehead atoms. The highest BCUT2D eigenvalue weighted by atomic mass is 32.2. The maximum absolute atomic E-state index is 12.3. The van der Waals surface area contributed by atoms with Crippen molar-refractivity contribution >= 4 is 46.5 Å². The average molecular weight is 370 g/mol. The second-order valence-electron chi connectivity index (χ2n) is 4.99. The van der Waals surface area contributed by atoms with Crippen LogP contribution in [0.1, 0.15) is 26.5 Å². The molecule has 0 unspecified atom stereocenters. The van der Waals surface area contributed by atoms with E-state index in [1.165, 1.54) is 18.5 Å². The van der Waals surface area contributed by atoms with Crippen LogP contribution in [0.2, 0.25) is 0 Å². The number of hydrogen-bond donors (Lipinski definition) is 3. The van der Waals surface area contributed by atoms with Gasteiger partial charge in [0.15, 0.2) is 11.4 Å². The van der Waals surface area contributed by atoms with E-state index in [2.05, 4.69) is 20.6 Å². The zero-order valence-corrected chi connectivity index (χ0v) is 13.7. The van der Waals surface area contributed by atoms with Crippen LogP contribution < -0.4 is 10.6 Å². The summed E-state index contributed by atoms with van der Waals surface area (Å²) in [6.45, 7) is 0. The second-order valence-corrected chi connectivity index (χ2v) is 6.01. The van der Waals surface area contributed by atoms with E-state index < -0.39 is 28.7 Å². The number of hydrogen-bond acceptors (Lipinski definition) is 7. The number of thioether (sulfide) groups is 1. The fourth-order valence-electron chi connectivity index (χ4n) is 2.13. The van der Waals surface area contributed by atoms with Crippen molar-refractivity contribution in [2.24, 2.45) is 0 Å². The molecule has 0 spiro atoms. The molecule has 1 fully saturated rings. The fourth-order valence-corrected chi connectivity index (χ4v) is 2.81. The quantitative estimate of drug-likeness (QED) is 0.692. The number of rotatable bonds is 4. The van der Waals surface area contributed by atoms with Gasteiger partial charge in [-0.2, -0.15) is 0 Å². The first-order valence-corrected chi connectivity index (χ1v) is 7.96. The van der Waals surface area contributed by atoms with Gasteiger partial charge in [0.1, 0.15) is 0 Å². The predicted octanol–water partition coefficient (Wildman–Crippen LogP) is 1.75. The summed E-state index contributed by atoms with van der Waals surface area (Å²) in [5.74, 6) is -2.58. The SMILES string of the molecule is O=C1NC(=O)/C(=C\c2cccc(NC(=O)c3nccnc3C(=O)O)c2)S1. The molecule has 1 aromatic heterocycles.